The molecule has 1 aliphatic rings. The van der Waals surface area contributed by atoms with Gasteiger partial charge in [-0.3, -0.25) is 4.68 Å². The van der Waals surface area contributed by atoms with E-state index in [0.717, 1.165) is 25.7 Å². The lowest BCUT2D eigenvalue weighted by atomic mass is 10.1. The molecule has 0 amide bonds. The van der Waals surface area contributed by atoms with Crippen LogP contribution in [0, 0.1) is 0 Å². The van der Waals surface area contributed by atoms with Gasteiger partial charge in [-0.05, 0) is 19.1 Å². The van der Waals surface area contributed by atoms with Gasteiger partial charge in [0.15, 0.2) is 5.82 Å². The zero-order valence-corrected chi connectivity index (χ0v) is 12.9. The zero-order chi connectivity index (χ0) is 14.1. The molecule has 108 valence electrons. The molecule has 3 N–H and O–H groups in total. The molecule has 1 saturated carbocycles. The first-order valence-corrected chi connectivity index (χ1v) is 8.93. The Morgan fingerprint density at radius 2 is 2.16 bits per heavy atom. The Morgan fingerprint density at radius 1 is 1.53 bits per heavy atom. The van der Waals surface area contributed by atoms with Gasteiger partial charge in [0, 0.05) is 24.5 Å². The third-order valence-electron chi connectivity index (χ3n) is 3.64. The van der Waals surface area contributed by atoms with Crippen LogP contribution in [-0.2, 0) is 17.1 Å². The Kier molecular flexibility index (Phi) is 4.12. The summed E-state index contributed by atoms with van der Waals surface area (Å²) in [4.78, 5) is 0.0595. The number of thioether (sulfide) groups is 1. The second-order valence-electron chi connectivity index (χ2n) is 4.97. The molecule has 1 aromatic rings. The average Bonchev–Trinajstić information content (AvgIpc) is 2.95. The average molecular weight is 304 g/mol. The molecule has 0 saturated heterocycles. The van der Waals surface area contributed by atoms with Crippen molar-refractivity contribution in [3.8, 4) is 0 Å². The third kappa shape index (κ3) is 3.06. The maximum absolute atomic E-state index is 12.2. The van der Waals surface area contributed by atoms with Crippen molar-refractivity contribution in [2.75, 3.05) is 18.5 Å². The summed E-state index contributed by atoms with van der Waals surface area (Å²) in [7, 11) is -1.93. The Bertz CT molecular complexity index is 547. The largest absolute Gasteiger partial charge is 0.381 e. The van der Waals surface area contributed by atoms with Crippen LogP contribution in [0.1, 0.15) is 25.7 Å². The number of nitrogens with two attached hydrogens (primary N) is 1. The van der Waals surface area contributed by atoms with Gasteiger partial charge < -0.3 is 5.73 Å². The molecule has 2 rings (SSSR count). The van der Waals surface area contributed by atoms with Gasteiger partial charge >= 0.3 is 0 Å². The lowest BCUT2D eigenvalue weighted by Crippen LogP contribution is -2.38. The predicted molar refractivity (Wildman–Crippen MR) is 77.5 cm³/mol. The Hall–Kier alpha value is -0.730. The van der Waals surface area contributed by atoms with E-state index in [4.69, 9.17) is 5.73 Å². The molecule has 8 heteroatoms. The van der Waals surface area contributed by atoms with Crippen molar-refractivity contribution in [1.29, 1.82) is 0 Å². The van der Waals surface area contributed by atoms with E-state index in [9.17, 15) is 8.42 Å². The molecule has 0 aromatic carbocycles. The van der Waals surface area contributed by atoms with Crippen LogP contribution < -0.4 is 10.5 Å². The second-order valence-corrected chi connectivity index (χ2v) is 7.98. The number of aromatic nitrogens is 2. The smallest absolute Gasteiger partial charge is 0.245 e. The number of hydrogen-bond donors (Lipinski definition) is 2. The molecule has 1 fully saturated rings. The van der Waals surface area contributed by atoms with Crippen LogP contribution in [0.5, 0.6) is 0 Å². The summed E-state index contributed by atoms with van der Waals surface area (Å²) < 4.78 is 28.6. The lowest BCUT2D eigenvalue weighted by molar-refractivity contribution is 0.551. The molecule has 0 radical (unpaired) electrons. The van der Waals surface area contributed by atoms with E-state index in [1.165, 1.54) is 10.9 Å². The van der Waals surface area contributed by atoms with Gasteiger partial charge in [0.25, 0.3) is 0 Å². The molecule has 1 aliphatic carbocycles. The van der Waals surface area contributed by atoms with Gasteiger partial charge in [-0.1, -0.05) is 12.8 Å². The van der Waals surface area contributed by atoms with Gasteiger partial charge in [-0.25, -0.2) is 13.1 Å². The minimum absolute atomic E-state index is 0.0318. The monoisotopic (exact) mass is 304 g/mol. The highest BCUT2D eigenvalue weighted by atomic mass is 32.2. The van der Waals surface area contributed by atoms with Crippen LogP contribution in [0.3, 0.4) is 0 Å². The van der Waals surface area contributed by atoms with Crippen molar-refractivity contribution < 1.29 is 8.42 Å². The van der Waals surface area contributed by atoms with Crippen LogP contribution in [0.25, 0.3) is 0 Å². The van der Waals surface area contributed by atoms with Crippen LogP contribution in [0.15, 0.2) is 11.1 Å². The summed E-state index contributed by atoms with van der Waals surface area (Å²) in [5.74, 6) is 0.0413. The first-order chi connectivity index (χ1) is 8.88. The summed E-state index contributed by atoms with van der Waals surface area (Å²) in [5, 5.41) is 3.86. The number of anilines is 1. The first kappa shape index (κ1) is 14.7. The summed E-state index contributed by atoms with van der Waals surface area (Å²) in [5.41, 5.74) is 5.62. The SMILES string of the molecule is CSC1(CNS(=O)(=O)c2cn(C)nc2N)CCCC1. The van der Waals surface area contributed by atoms with Crippen LogP contribution >= 0.6 is 11.8 Å². The highest BCUT2D eigenvalue weighted by Gasteiger charge is 2.34. The Balaban J connectivity index is 2.12. The number of hydrogen-bond acceptors (Lipinski definition) is 5. The number of nitrogens with zero attached hydrogens (tertiary/aromatic N) is 2. The Labute approximate surface area is 118 Å². The van der Waals surface area contributed by atoms with E-state index >= 15 is 0 Å². The number of aryl methyl sites for hydroxylation is 1. The van der Waals surface area contributed by atoms with Crippen LogP contribution in [0.4, 0.5) is 5.82 Å². The van der Waals surface area contributed by atoms with Crippen molar-refractivity contribution in [3.63, 3.8) is 0 Å². The first-order valence-electron chi connectivity index (χ1n) is 6.22. The summed E-state index contributed by atoms with van der Waals surface area (Å²) in [6.45, 7) is 0.449. The third-order valence-corrected chi connectivity index (χ3v) is 6.48. The van der Waals surface area contributed by atoms with E-state index in [-0.39, 0.29) is 15.5 Å². The number of rotatable bonds is 5. The fourth-order valence-electron chi connectivity index (χ4n) is 2.47. The van der Waals surface area contributed by atoms with Gasteiger partial charge in [0.05, 0.1) is 0 Å². The topological polar surface area (TPSA) is 90.0 Å². The molecule has 1 heterocycles. The summed E-state index contributed by atoms with van der Waals surface area (Å²) in [6.07, 6.45) is 7.91. The van der Waals surface area contributed by atoms with Gasteiger partial charge in [-0.2, -0.15) is 16.9 Å². The van der Waals surface area contributed by atoms with Crippen LogP contribution in [0.2, 0.25) is 0 Å². The molecule has 0 atom stereocenters. The van der Waals surface area contributed by atoms with E-state index in [2.05, 4.69) is 9.82 Å². The standard InChI is InChI=1S/C11H20N4O2S2/c1-15-7-9(10(12)14-15)19(16,17)13-8-11(18-2)5-3-4-6-11/h7,13H,3-6,8H2,1-2H3,(H2,12,14). The molecule has 6 nitrogen and oxygen atoms in total. The summed E-state index contributed by atoms with van der Waals surface area (Å²) in [6, 6.07) is 0. The molecular formula is C11H20N4O2S2. The normalized spacial score (nSPS) is 18.8. The number of sulfonamides is 1. The highest BCUT2D eigenvalue weighted by Crippen LogP contribution is 2.39. The maximum Gasteiger partial charge on any atom is 0.245 e. The van der Waals surface area contributed by atoms with Crippen molar-refractivity contribution >= 4 is 27.6 Å². The zero-order valence-electron chi connectivity index (χ0n) is 11.2. The molecule has 0 aliphatic heterocycles. The Morgan fingerprint density at radius 3 is 2.63 bits per heavy atom. The highest BCUT2D eigenvalue weighted by molar-refractivity contribution is 8.00. The lowest BCUT2D eigenvalue weighted by Gasteiger charge is -2.26. The van der Waals surface area contributed by atoms with E-state index < -0.39 is 10.0 Å². The molecule has 1 aromatic heterocycles. The van der Waals surface area contributed by atoms with E-state index in [0.29, 0.717) is 6.54 Å². The molecule has 0 bridgehead atoms. The molecule has 0 spiro atoms. The van der Waals surface area contributed by atoms with Crippen molar-refractivity contribution in [2.45, 2.75) is 35.3 Å². The van der Waals surface area contributed by atoms with Crippen molar-refractivity contribution in [3.05, 3.63) is 6.20 Å². The molecule has 0 unspecified atom stereocenters. The fraction of sp³-hybridized carbons (Fsp3) is 0.727. The molecule has 19 heavy (non-hydrogen) atoms. The van der Waals surface area contributed by atoms with E-state index in [1.54, 1.807) is 18.8 Å². The summed E-state index contributed by atoms with van der Waals surface area (Å²) >= 11 is 1.75. The van der Waals surface area contributed by atoms with Crippen molar-refractivity contribution in [2.24, 2.45) is 7.05 Å². The van der Waals surface area contributed by atoms with Crippen LogP contribution in [-0.4, -0.2) is 35.7 Å². The molecular weight excluding hydrogens is 284 g/mol. The van der Waals surface area contributed by atoms with Gasteiger partial charge in [0.1, 0.15) is 4.90 Å². The minimum atomic E-state index is -3.58. The fourth-order valence-corrected chi connectivity index (χ4v) is 4.70. The minimum Gasteiger partial charge on any atom is -0.381 e. The van der Waals surface area contributed by atoms with Crippen molar-refractivity contribution in [1.82, 2.24) is 14.5 Å². The maximum atomic E-state index is 12.2. The van der Waals surface area contributed by atoms with Gasteiger partial charge in [0.2, 0.25) is 10.0 Å². The second kappa shape index (κ2) is 5.34. The van der Waals surface area contributed by atoms with E-state index in [1.807, 2.05) is 6.26 Å². The van der Waals surface area contributed by atoms with Gasteiger partial charge in [-0.15, -0.1) is 0 Å². The number of nitrogens with one attached hydrogen (secondary N) is 1. The quantitative estimate of drug-likeness (QED) is 0.845. The number of nitrogen functional groups attached to an aromatic ring is 1. The predicted octanol–water partition coefficient (Wildman–Crippen LogP) is 0.956.